The first kappa shape index (κ1) is 10.2. The predicted octanol–water partition coefficient (Wildman–Crippen LogP) is 1.14. The molecule has 0 atom stereocenters. The summed E-state index contributed by atoms with van der Waals surface area (Å²) >= 11 is 4.05. The third-order valence-electron chi connectivity index (χ3n) is 1.06. The van der Waals surface area contributed by atoms with Gasteiger partial charge in [0, 0.05) is 10.5 Å². The van der Waals surface area contributed by atoms with E-state index in [1.807, 2.05) is 12.1 Å². The van der Waals surface area contributed by atoms with E-state index in [0.717, 1.165) is 11.2 Å². The van der Waals surface area contributed by atoms with Crippen LogP contribution in [0.2, 0.25) is 0 Å². The number of aldehydes is 1. The molecule has 0 unspecified atom stereocenters. The van der Waals surface area contributed by atoms with E-state index < -0.39 is 0 Å². The van der Waals surface area contributed by atoms with E-state index in [4.69, 9.17) is 0 Å². The Morgan fingerprint density at radius 3 is 2.30 bits per heavy atom. The molecule has 0 bridgehead atoms. The number of thiol groups is 1. The van der Waals surface area contributed by atoms with Gasteiger partial charge in [-0.15, -0.1) is 12.6 Å². The molecule has 0 aliphatic rings. The monoisotopic (exact) mass is 162 g/mol. The fourth-order valence-corrected chi connectivity index (χ4v) is 0.800. The van der Waals surface area contributed by atoms with Gasteiger partial charge in [0.2, 0.25) is 0 Å². The summed E-state index contributed by atoms with van der Waals surface area (Å²) in [6.45, 7) is 0. The van der Waals surface area contributed by atoms with Crippen LogP contribution in [0.1, 0.15) is 10.4 Å². The molecule has 0 saturated carbocycles. The zero-order valence-electron chi connectivity index (χ0n) is 4.74. The van der Waals surface area contributed by atoms with E-state index >= 15 is 0 Å². The van der Waals surface area contributed by atoms with Crippen molar-refractivity contribution >= 4 is 48.5 Å². The fraction of sp³-hybridized carbons (Fsp3) is 0. The van der Waals surface area contributed by atoms with E-state index in [1.165, 1.54) is 0 Å². The topological polar surface area (TPSA) is 17.1 Å². The number of carbonyl (C=O) groups excluding carboxylic acids is 1. The molecule has 1 rings (SSSR count). The molecule has 0 N–H and O–H groups in total. The number of carbonyl (C=O) groups is 1. The summed E-state index contributed by atoms with van der Waals surface area (Å²) < 4.78 is 0. The summed E-state index contributed by atoms with van der Waals surface area (Å²) in [7, 11) is 0. The second-order valence-corrected chi connectivity index (χ2v) is 2.16. The number of hydrogen-bond acceptors (Lipinski definition) is 2. The molecule has 0 aliphatic heterocycles. The summed E-state index contributed by atoms with van der Waals surface area (Å²) in [5.41, 5.74) is 0.640. The van der Waals surface area contributed by atoms with E-state index in [1.54, 1.807) is 12.1 Å². The van der Waals surface area contributed by atoms with Gasteiger partial charge < -0.3 is 0 Å². The third kappa shape index (κ3) is 2.46. The maximum absolute atomic E-state index is 10.2. The Kier molecular flexibility index (Phi) is 5.09. The van der Waals surface area contributed by atoms with Crippen LogP contribution in [0.15, 0.2) is 29.2 Å². The van der Waals surface area contributed by atoms with Gasteiger partial charge in [0.1, 0.15) is 0 Å². The molecule has 1 aromatic rings. The third-order valence-corrected chi connectivity index (χ3v) is 1.47. The Balaban J connectivity index is 0.000000810. The molecule has 1 nitrogen and oxygen atoms in total. The summed E-state index contributed by atoms with van der Waals surface area (Å²) in [6, 6.07) is 7.17. The number of hydrogen-bond donors (Lipinski definition) is 1. The first-order chi connectivity index (χ1) is 4.34. The van der Waals surface area contributed by atoms with E-state index in [2.05, 4.69) is 12.6 Å². The summed E-state index contributed by atoms with van der Waals surface area (Å²) in [5.74, 6) is 0. The Morgan fingerprint density at radius 2 is 1.90 bits per heavy atom. The molecule has 3 heteroatoms. The molecule has 0 fully saturated rings. The molecule has 0 aliphatic carbocycles. The van der Waals surface area contributed by atoms with Crippen LogP contribution in [0.3, 0.4) is 0 Å². The molecule has 48 valence electrons. The van der Waals surface area contributed by atoms with Crippen molar-refractivity contribution in [2.45, 2.75) is 4.90 Å². The molecule has 1 aromatic carbocycles. The zero-order chi connectivity index (χ0) is 6.69. The van der Waals surface area contributed by atoms with Crippen LogP contribution in [0.5, 0.6) is 0 Å². The average molecular weight is 162 g/mol. The van der Waals surface area contributed by atoms with Gasteiger partial charge in [-0.2, -0.15) is 0 Å². The second-order valence-electron chi connectivity index (χ2n) is 1.68. The van der Waals surface area contributed by atoms with Crippen LogP contribution in [-0.2, 0) is 0 Å². The number of rotatable bonds is 1. The predicted molar refractivity (Wildman–Crippen MR) is 46.2 cm³/mol. The van der Waals surface area contributed by atoms with Gasteiger partial charge in [0.05, 0.1) is 0 Å². The van der Waals surface area contributed by atoms with Gasteiger partial charge in [0.25, 0.3) is 0 Å². The Morgan fingerprint density at radius 1 is 1.30 bits per heavy atom. The minimum absolute atomic E-state index is 0. The molecule has 0 saturated heterocycles. The van der Waals surface area contributed by atoms with E-state index in [0.29, 0.717) is 5.56 Å². The molecular formula is C7H7NaOS. The van der Waals surface area contributed by atoms with Gasteiger partial charge in [-0.1, -0.05) is 18.2 Å². The molecule has 10 heavy (non-hydrogen) atoms. The fourth-order valence-electron chi connectivity index (χ4n) is 0.587. The summed E-state index contributed by atoms with van der Waals surface area (Å²) in [4.78, 5) is 10.9. The van der Waals surface area contributed by atoms with Crippen LogP contribution in [0.4, 0.5) is 0 Å². The van der Waals surface area contributed by atoms with Crippen molar-refractivity contribution in [3.8, 4) is 0 Å². The van der Waals surface area contributed by atoms with Gasteiger partial charge in [-0.25, -0.2) is 0 Å². The van der Waals surface area contributed by atoms with E-state index in [-0.39, 0.29) is 29.6 Å². The number of benzene rings is 1. The van der Waals surface area contributed by atoms with Crippen molar-refractivity contribution in [1.82, 2.24) is 0 Å². The van der Waals surface area contributed by atoms with Gasteiger partial charge in [0.15, 0.2) is 6.29 Å². The van der Waals surface area contributed by atoms with Gasteiger partial charge in [-0.05, 0) is 6.07 Å². The minimum atomic E-state index is 0. The van der Waals surface area contributed by atoms with E-state index in [9.17, 15) is 4.79 Å². The van der Waals surface area contributed by atoms with Crippen molar-refractivity contribution < 1.29 is 4.79 Å². The molecule has 0 heterocycles. The molecular weight excluding hydrogens is 155 g/mol. The van der Waals surface area contributed by atoms with Gasteiger partial charge in [-0.3, -0.25) is 4.79 Å². The standard InChI is InChI=1S/C7H6OS.Na.H/c8-5-6-3-1-2-4-7(6)9;;/h1-5,9H;;. The summed E-state index contributed by atoms with van der Waals surface area (Å²) in [6.07, 6.45) is 0.794. The SMILES string of the molecule is O=Cc1ccccc1S.[NaH]. The van der Waals surface area contributed by atoms with Crippen molar-refractivity contribution in [3.63, 3.8) is 0 Å². The van der Waals surface area contributed by atoms with Crippen LogP contribution < -0.4 is 0 Å². The van der Waals surface area contributed by atoms with Crippen LogP contribution in [-0.4, -0.2) is 35.8 Å². The quantitative estimate of drug-likeness (QED) is 0.372. The summed E-state index contributed by atoms with van der Waals surface area (Å²) in [5, 5.41) is 0. The van der Waals surface area contributed by atoms with Crippen molar-refractivity contribution in [2.24, 2.45) is 0 Å². The first-order valence-corrected chi connectivity index (χ1v) is 3.02. The molecule has 0 amide bonds. The maximum atomic E-state index is 10.2. The zero-order valence-corrected chi connectivity index (χ0v) is 5.64. The molecule has 0 aromatic heterocycles. The van der Waals surface area contributed by atoms with Crippen molar-refractivity contribution in [2.75, 3.05) is 0 Å². The van der Waals surface area contributed by atoms with Crippen LogP contribution >= 0.6 is 12.6 Å². The average Bonchev–Trinajstić information content (AvgIpc) is 1.89. The second kappa shape index (κ2) is 4.97. The van der Waals surface area contributed by atoms with Crippen LogP contribution in [0, 0.1) is 0 Å². The van der Waals surface area contributed by atoms with Gasteiger partial charge >= 0.3 is 29.6 Å². The molecule has 0 spiro atoms. The van der Waals surface area contributed by atoms with Crippen molar-refractivity contribution in [1.29, 1.82) is 0 Å². The Hall–Kier alpha value is 0.240. The molecule has 0 radical (unpaired) electrons. The van der Waals surface area contributed by atoms with Crippen molar-refractivity contribution in [3.05, 3.63) is 29.8 Å². The normalized spacial score (nSPS) is 8.10. The first-order valence-electron chi connectivity index (χ1n) is 2.58. The van der Waals surface area contributed by atoms with Crippen LogP contribution in [0.25, 0.3) is 0 Å². The Bertz CT molecular complexity index is 225. The Labute approximate surface area is 87.5 Å².